The van der Waals surface area contributed by atoms with E-state index in [4.69, 9.17) is 9.47 Å². The first-order chi connectivity index (χ1) is 11.8. The van der Waals surface area contributed by atoms with Gasteiger partial charge >= 0.3 is 0 Å². The first-order valence-electron chi connectivity index (χ1n) is 8.09. The SMILES string of the molecule is CCOc1ccc(NC(=NC)NCCc2ccccc2)cc1OC. The summed E-state index contributed by atoms with van der Waals surface area (Å²) in [5.74, 6) is 2.15. The number of hydrogen-bond acceptors (Lipinski definition) is 3. The normalized spacial score (nSPS) is 11.0. The van der Waals surface area contributed by atoms with Crippen LogP contribution in [0.3, 0.4) is 0 Å². The Bertz CT molecular complexity index is 657. The minimum Gasteiger partial charge on any atom is -0.493 e. The summed E-state index contributed by atoms with van der Waals surface area (Å²) in [5, 5.41) is 6.57. The summed E-state index contributed by atoms with van der Waals surface area (Å²) >= 11 is 0. The molecule has 0 heterocycles. The van der Waals surface area contributed by atoms with E-state index in [1.54, 1.807) is 14.2 Å². The Morgan fingerprint density at radius 2 is 1.88 bits per heavy atom. The summed E-state index contributed by atoms with van der Waals surface area (Å²) < 4.78 is 10.9. The molecular formula is C19H25N3O2. The molecule has 0 amide bonds. The maximum absolute atomic E-state index is 5.53. The molecule has 2 aromatic rings. The highest BCUT2D eigenvalue weighted by atomic mass is 16.5. The van der Waals surface area contributed by atoms with Gasteiger partial charge < -0.3 is 20.1 Å². The Morgan fingerprint density at radius 1 is 1.08 bits per heavy atom. The molecule has 2 rings (SSSR count). The van der Waals surface area contributed by atoms with Crippen molar-refractivity contribution in [2.75, 3.05) is 32.6 Å². The van der Waals surface area contributed by atoms with Crippen molar-refractivity contribution in [1.29, 1.82) is 0 Å². The second kappa shape index (κ2) is 9.45. The van der Waals surface area contributed by atoms with Gasteiger partial charge in [0.25, 0.3) is 0 Å². The number of aliphatic imine (C=N–C) groups is 1. The number of guanidine groups is 1. The number of rotatable bonds is 7. The van der Waals surface area contributed by atoms with Crippen LogP contribution in [-0.2, 0) is 6.42 Å². The van der Waals surface area contributed by atoms with Crippen LogP contribution < -0.4 is 20.1 Å². The van der Waals surface area contributed by atoms with E-state index in [9.17, 15) is 0 Å². The van der Waals surface area contributed by atoms with Gasteiger partial charge in [-0.25, -0.2) is 0 Å². The smallest absolute Gasteiger partial charge is 0.195 e. The van der Waals surface area contributed by atoms with Crippen LogP contribution in [0.15, 0.2) is 53.5 Å². The Morgan fingerprint density at radius 3 is 2.54 bits per heavy atom. The van der Waals surface area contributed by atoms with Crippen LogP contribution in [0.2, 0.25) is 0 Å². The van der Waals surface area contributed by atoms with Gasteiger partial charge in [0.05, 0.1) is 13.7 Å². The van der Waals surface area contributed by atoms with Crippen LogP contribution in [0.4, 0.5) is 5.69 Å². The maximum Gasteiger partial charge on any atom is 0.195 e. The van der Waals surface area contributed by atoms with E-state index >= 15 is 0 Å². The highest BCUT2D eigenvalue weighted by molar-refractivity contribution is 5.93. The first kappa shape index (κ1) is 17.7. The predicted octanol–water partition coefficient (Wildman–Crippen LogP) is 3.32. The van der Waals surface area contributed by atoms with Gasteiger partial charge in [-0.2, -0.15) is 0 Å². The number of nitrogens with zero attached hydrogens (tertiary/aromatic N) is 1. The average molecular weight is 327 g/mol. The topological polar surface area (TPSA) is 54.9 Å². The molecule has 0 bridgehead atoms. The van der Waals surface area contributed by atoms with E-state index in [1.165, 1.54) is 5.56 Å². The van der Waals surface area contributed by atoms with Crippen LogP contribution in [0.1, 0.15) is 12.5 Å². The summed E-state index contributed by atoms with van der Waals surface area (Å²) in [4.78, 5) is 4.25. The van der Waals surface area contributed by atoms with Crippen LogP contribution in [0.5, 0.6) is 11.5 Å². The fourth-order valence-electron chi connectivity index (χ4n) is 2.31. The monoisotopic (exact) mass is 327 g/mol. The van der Waals surface area contributed by atoms with E-state index in [-0.39, 0.29) is 0 Å². The number of methoxy groups -OCH3 is 1. The Kier molecular flexibility index (Phi) is 6.95. The van der Waals surface area contributed by atoms with Gasteiger partial charge in [0.1, 0.15) is 0 Å². The maximum atomic E-state index is 5.53. The van der Waals surface area contributed by atoms with Crippen LogP contribution in [0.25, 0.3) is 0 Å². The van der Waals surface area contributed by atoms with Gasteiger partial charge in [0.2, 0.25) is 0 Å². The molecule has 0 saturated carbocycles. The Balaban J connectivity index is 1.92. The standard InChI is InChI=1S/C19H25N3O2/c1-4-24-17-11-10-16(14-18(17)23-3)22-19(20-2)21-13-12-15-8-6-5-7-9-15/h5-11,14H,4,12-13H2,1-3H3,(H2,20,21,22). The molecular weight excluding hydrogens is 302 g/mol. The van der Waals surface area contributed by atoms with E-state index in [0.717, 1.165) is 30.4 Å². The third kappa shape index (κ3) is 5.19. The van der Waals surface area contributed by atoms with E-state index in [0.29, 0.717) is 12.4 Å². The second-order valence-corrected chi connectivity index (χ2v) is 5.16. The molecule has 0 saturated heterocycles. The van der Waals surface area contributed by atoms with E-state index in [2.05, 4.69) is 39.9 Å². The van der Waals surface area contributed by atoms with Gasteiger partial charge in [-0.05, 0) is 31.0 Å². The number of anilines is 1. The van der Waals surface area contributed by atoms with Crippen molar-refractivity contribution >= 4 is 11.6 Å². The molecule has 24 heavy (non-hydrogen) atoms. The van der Waals surface area contributed by atoms with Crippen molar-refractivity contribution < 1.29 is 9.47 Å². The zero-order valence-electron chi connectivity index (χ0n) is 14.5. The largest absolute Gasteiger partial charge is 0.493 e. The van der Waals surface area contributed by atoms with Gasteiger partial charge in [-0.1, -0.05) is 30.3 Å². The molecule has 0 spiro atoms. The summed E-state index contributed by atoms with van der Waals surface area (Å²) in [5.41, 5.74) is 2.19. The lowest BCUT2D eigenvalue weighted by atomic mass is 10.1. The molecule has 0 radical (unpaired) electrons. The van der Waals surface area contributed by atoms with Crippen molar-refractivity contribution in [2.24, 2.45) is 4.99 Å². The van der Waals surface area contributed by atoms with E-state index in [1.807, 2.05) is 31.2 Å². The minimum atomic E-state index is 0.603. The second-order valence-electron chi connectivity index (χ2n) is 5.16. The van der Waals surface area contributed by atoms with Crippen molar-refractivity contribution in [2.45, 2.75) is 13.3 Å². The van der Waals surface area contributed by atoms with Gasteiger partial charge in [0, 0.05) is 25.3 Å². The van der Waals surface area contributed by atoms with Crippen molar-refractivity contribution in [1.82, 2.24) is 5.32 Å². The lowest BCUT2D eigenvalue weighted by molar-refractivity contribution is 0.311. The highest BCUT2D eigenvalue weighted by Gasteiger charge is 2.06. The van der Waals surface area contributed by atoms with Crippen LogP contribution in [0, 0.1) is 0 Å². The highest BCUT2D eigenvalue weighted by Crippen LogP contribution is 2.30. The number of ether oxygens (including phenoxy) is 2. The molecule has 2 N–H and O–H groups in total. The molecule has 0 unspecified atom stereocenters. The third-order valence-electron chi connectivity index (χ3n) is 3.50. The fraction of sp³-hybridized carbons (Fsp3) is 0.316. The van der Waals surface area contributed by atoms with Gasteiger partial charge in [-0.15, -0.1) is 0 Å². The van der Waals surface area contributed by atoms with Crippen molar-refractivity contribution in [3.8, 4) is 11.5 Å². The van der Waals surface area contributed by atoms with Gasteiger partial charge in [-0.3, -0.25) is 4.99 Å². The summed E-state index contributed by atoms with van der Waals surface area (Å²) in [6, 6.07) is 16.1. The average Bonchev–Trinajstić information content (AvgIpc) is 2.63. The number of nitrogens with one attached hydrogen (secondary N) is 2. The summed E-state index contributed by atoms with van der Waals surface area (Å²) in [6.07, 6.45) is 0.939. The zero-order valence-corrected chi connectivity index (χ0v) is 14.5. The minimum absolute atomic E-state index is 0.603. The molecule has 2 aromatic carbocycles. The van der Waals surface area contributed by atoms with Crippen molar-refractivity contribution in [3.63, 3.8) is 0 Å². The van der Waals surface area contributed by atoms with Crippen LogP contribution >= 0.6 is 0 Å². The molecule has 5 heteroatoms. The third-order valence-corrected chi connectivity index (χ3v) is 3.50. The molecule has 0 atom stereocenters. The lowest BCUT2D eigenvalue weighted by Gasteiger charge is -2.14. The first-order valence-corrected chi connectivity index (χ1v) is 8.09. The molecule has 0 aliphatic heterocycles. The predicted molar refractivity (Wildman–Crippen MR) is 99.3 cm³/mol. The van der Waals surface area contributed by atoms with Crippen LogP contribution in [-0.4, -0.2) is 33.3 Å². The molecule has 0 fully saturated rings. The fourth-order valence-corrected chi connectivity index (χ4v) is 2.31. The van der Waals surface area contributed by atoms with Gasteiger partial charge in [0.15, 0.2) is 17.5 Å². The molecule has 0 aliphatic carbocycles. The van der Waals surface area contributed by atoms with Crippen molar-refractivity contribution in [3.05, 3.63) is 54.1 Å². The Hall–Kier alpha value is -2.69. The summed E-state index contributed by atoms with van der Waals surface area (Å²) in [7, 11) is 3.39. The molecule has 0 aromatic heterocycles. The van der Waals surface area contributed by atoms with E-state index < -0.39 is 0 Å². The summed E-state index contributed by atoms with van der Waals surface area (Å²) in [6.45, 7) is 3.35. The number of hydrogen-bond donors (Lipinski definition) is 2. The zero-order chi connectivity index (χ0) is 17.2. The number of benzene rings is 2. The Labute approximate surface area is 143 Å². The molecule has 0 aliphatic rings. The molecule has 5 nitrogen and oxygen atoms in total. The lowest BCUT2D eigenvalue weighted by Crippen LogP contribution is -2.32. The molecule has 128 valence electrons. The quantitative estimate of drug-likeness (QED) is 0.605.